The molecule has 0 aromatic heterocycles. The van der Waals surface area contributed by atoms with E-state index in [0.717, 1.165) is 0 Å². The molecule has 0 bridgehead atoms. The van der Waals surface area contributed by atoms with E-state index in [9.17, 15) is 10.2 Å². The van der Waals surface area contributed by atoms with Crippen molar-refractivity contribution in [1.29, 1.82) is 0 Å². The lowest BCUT2D eigenvalue weighted by atomic mass is 10.2. The molecule has 0 heterocycles. The van der Waals surface area contributed by atoms with Crippen LogP contribution in [0.4, 0.5) is 0 Å². The van der Waals surface area contributed by atoms with E-state index >= 15 is 0 Å². The first-order valence-corrected chi connectivity index (χ1v) is 6.74. The van der Waals surface area contributed by atoms with Gasteiger partial charge in [0.15, 0.2) is 23.0 Å². The van der Waals surface area contributed by atoms with E-state index in [4.69, 9.17) is 9.47 Å². The van der Waals surface area contributed by atoms with E-state index < -0.39 is 0 Å². The molecule has 110 valence electrons. The number of para-hydroxylation sites is 2. The summed E-state index contributed by atoms with van der Waals surface area (Å²) < 4.78 is 11.1. The summed E-state index contributed by atoms with van der Waals surface area (Å²) in [6.45, 7) is 0. The van der Waals surface area contributed by atoms with Crippen LogP contribution in [0.1, 0.15) is 0 Å². The smallest absolute Gasteiger partial charge is 0.173 e. The fourth-order valence-electron chi connectivity index (χ4n) is 1.93. The van der Waals surface area contributed by atoms with Crippen LogP contribution in [0.2, 0.25) is 0 Å². The number of aromatic hydroxyl groups is 2. The Kier molecular flexibility index (Phi) is 3.83. The molecule has 0 atom stereocenters. The van der Waals surface area contributed by atoms with Gasteiger partial charge in [-0.3, -0.25) is 0 Å². The molecule has 0 unspecified atom stereocenters. The molecule has 0 aliphatic rings. The van der Waals surface area contributed by atoms with E-state index in [0.29, 0.717) is 11.5 Å². The molecule has 3 rings (SSSR count). The van der Waals surface area contributed by atoms with Crippen LogP contribution in [0, 0.1) is 0 Å². The second-order valence-electron chi connectivity index (χ2n) is 4.62. The molecule has 4 nitrogen and oxygen atoms in total. The molecule has 0 aliphatic heterocycles. The maximum absolute atomic E-state index is 10.0. The van der Waals surface area contributed by atoms with Crippen molar-refractivity contribution in [2.24, 2.45) is 0 Å². The molecule has 0 fully saturated rings. The summed E-state index contributed by atoms with van der Waals surface area (Å²) in [6, 6.07) is 20.7. The Morgan fingerprint density at radius 1 is 0.545 bits per heavy atom. The first kappa shape index (κ1) is 13.8. The number of phenols is 2. The Morgan fingerprint density at radius 2 is 0.909 bits per heavy atom. The third-order valence-corrected chi connectivity index (χ3v) is 2.98. The van der Waals surface area contributed by atoms with Crippen LogP contribution in [0.25, 0.3) is 0 Å². The van der Waals surface area contributed by atoms with Crippen molar-refractivity contribution >= 4 is 0 Å². The average molecular weight is 294 g/mol. The van der Waals surface area contributed by atoms with Gasteiger partial charge in [0, 0.05) is 12.1 Å². The summed E-state index contributed by atoms with van der Waals surface area (Å²) in [5, 5.41) is 20.1. The second kappa shape index (κ2) is 6.10. The van der Waals surface area contributed by atoms with Crippen molar-refractivity contribution in [1.82, 2.24) is 0 Å². The highest BCUT2D eigenvalue weighted by Crippen LogP contribution is 2.41. The standard InChI is InChI=1S/C18H14O4/c19-15-12-18(22-14-9-5-2-6-10-14)16(20)11-17(15)21-13-7-3-1-4-8-13/h1-12,19-20H. The van der Waals surface area contributed by atoms with Crippen LogP contribution in [-0.2, 0) is 0 Å². The minimum atomic E-state index is -0.118. The lowest BCUT2D eigenvalue weighted by molar-refractivity contribution is 0.382. The van der Waals surface area contributed by atoms with Crippen LogP contribution in [0.15, 0.2) is 72.8 Å². The van der Waals surface area contributed by atoms with Gasteiger partial charge in [0.05, 0.1) is 0 Å². The first-order chi connectivity index (χ1) is 10.7. The third kappa shape index (κ3) is 3.12. The number of ether oxygens (including phenoxy) is 2. The monoisotopic (exact) mass is 294 g/mol. The maximum Gasteiger partial charge on any atom is 0.173 e. The molecule has 0 amide bonds. The zero-order chi connectivity index (χ0) is 15.4. The molecular formula is C18H14O4. The quantitative estimate of drug-likeness (QED) is 0.686. The molecule has 22 heavy (non-hydrogen) atoms. The third-order valence-electron chi connectivity index (χ3n) is 2.98. The molecule has 4 heteroatoms. The highest BCUT2D eigenvalue weighted by atomic mass is 16.5. The molecule has 0 radical (unpaired) electrons. The van der Waals surface area contributed by atoms with Crippen LogP contribution < -0.4 is 9.47 Å². The van der Waals surface area contributed by atoms with E-state index in [1.54, 1.807) is 24.3 Å². The van der Waals surface area contributed by atoms with Gasteiger partial charge in [-0.25, -0.2) is 0 Å². The van der Waals surface area contributed by atoms with Crippen molar-refractivity contribution < 1.29 is 19.7 Å². The molecule has 3 aromatic rings. The molecule has 2 N–H and O–H groups in total. The molecular weight excluding hydrogens is 280 g/mol. The van der Waals surface area contributed by atoms with Gasteiger partial charge < -0.3 is 19.7 Å². The van der Waals surface area contributed by atoms with E-state index in [1.807, 2.05) is 36.4 Å². The van der Waals surface area contributed by atoms with Crippen molar-refractivity contribution in [3.05, 3.63) is 72.8 Å². The summed E-state index contributed by atoms with van der Waals surface area (Å²) in [7, 11) is 0. The largest absolute Gasteiger partial charge is 0.504 e. The van der Waals surface area contributed by atoms with Gasteiger partial charge in [-0.05, 0) is 24.3 Å². The predicted molar refractivity (Wildman–Crippen MR) is 82.8 cm³/mol. The Bertz CT molecular complexity index is 688. The number of phenolic OH excluding ortho intramolecular Hbond substituents is 2. The summed E-state index contributed by atoms with van der Waals surface area (Å²) in [4.78, 5) is 0. The summed E-state index contributed by atoms with van der Waals surface area (Å²) >= 11 is 0. The lowest BCUT2D eigenvalue weighted by Gasteiger charge is -2.12. The number of rotatable bonds is 4. The highest BCUT2D eigenvalue weighted by molar-refractivity contribution is 5.55. The number of hydrogen-bond donors (Lipinski definition) is 2. The fourth-order valence-corrected chi connectivity index (χ4v) is 1.93. The first-order valence-electron chi connectivity index (χ1n) is 6.74. The summed E-state index contributed by atoms with van der Waals surface area (Å²) in [5.74, 6) is 1.20. The van der Waals surface area contributed by atoms with Gasteiger partial charge in [0.25, 0.3) is 0 Å². The molecule has 3 aromatic carbocycles. The van der Waals surface area contributed by atoms with Gasteiger partial charge in [-0.2, -0.15) is 0 Å². The van der Waals surface area contributed by atoms with Gasteiger partial charge in [-0.1, -0.05) is 36.4 Å². The van der Waals surface area contributed by atoms with Gasteiger partial charge in [0.2, 0.25) is 0 Å². The normalized spacial score (nSPS) is 10.2. The minimum absolute atomic E-state index is 0.118. The van der Waals surface area contributed by atoms with Crippen molar-refractivity contribution in [2.45, 2.75) is 0 Å². The zero-order valence-electron chi connectivity index (χ0n) is 11.6. The molecule has 0 aliphatic carbocycles. The Morgan fingerprint density at radius 3 is 1.27 bits per heavy atom. The van der Waals surface area contributed by atoms with Crippen LogP contribution in [0.3, 0.4) is 0 Å². The van der Waals surface area contributed by atoms with E-state index in [-0.39, 0.29) is 23.0 Å². The minimum Gasteiger partial charge on any atom is -0.504 e. The molecule has 0 saturated heterocycles. The predicted octanol–water partition coefficient (Wildman–Crippen LogP) is 4.68. The average Bonchev–Trinajstić information content (AvgIpc) is 2.54. The Hall–Kier alpha value is -3.14. The van der Waals surface area contributed by atoms with Crippen molar-refractivity contribution in [3.63, 3.8) is 0 Å². The van der Waals surface area contributed by atoms with Gasteiger partial charge >= 0.3 is 0 Å². The topological polar surface area (TPSA) is 58.9 Å². The lowest BCUT2D eigenvalue weighted by Crippen LogP contribution is -1.88. The Balaban J connectivity index is 1.85. The SMILES string of the molecule is Oc1cc(Oc2ccccc2)c(O)cc1Oc1ccccc1. The maximum atomic E-state index is 10.0. The van der Waals surface area contributed by atoms with Crippen molar-refractivity contribution in [3.8, 4) is 34.5 Å². The van der Waals surface area contributed by atoms with Gasteiger partial charge in [0.1, 0.15) is 11.5 Å². The van der Waals surface area contributed by atoms with Crippen molar-refractivity contribution in [2.75, 3.05) is 0 Å². The second-order valence-corrected chi connectivity index (χ2v) is 4.62. The van der Waals surface area contributed by atoms with Crippen LogP contribution >= 0.6 is 0 Å². The zero-order valence-corrected chi connectivity index (χ0v) is 11.6. The van der Waals surface area contributed by atoms with E-state index in [2.05, 4.69) is 0 Å². The Labute approximate surface area is 127 Å². The fraction of sp³-hybridized carbons (Fsp3) is 0. The molecule has 0 saturated carbocycles. The number of benzene rings is 3. The molecule has 0 spiro atoms. The van der Waals surface area contributed by atoms with Gasteiger partial charge in [-0.15, -0.1) is 0 Å². The van der Waals surface area contributed by atoms with Crippen LogP contribution in [0.5, 0.6) is 34.5 Å². The highest BCUT2D eigenvalue weighted by Gasteiger charge is 2.12. The van der Waals surface area contributed by atoms with Crippen LogP contribution in [-0.4, -0.2) is 10.2 Å². The van der Waals surface area contributed by atoms with E-state index in [1.165, 1.54) is 12.1 Å². The summed E-state index contributed by atoms with van der Waals surface area (Å²) in [6.07, 6.45) is 0. The summed E-state index contributed by atoms with van der Waals surface area (Å²) in [5.41, 5.74) is 0. The number of hydrogen-bond acceptors (Lipinski definition) is 4.